The maximum atomic E-state index is 12.0. The Hall–Kier alpha value is -1.60. The number of nitrogens with one attached hydrogen (secondary N) is 1. The Labute approximate surface area is 137 Å². The Morgan fingerprint density at radius 2 is 1.96 bits per heavy atom. The Morgan fingerprint density at radius 3 is 2.43 bits per heavy atom. The molecule has 12 heteroatoms. The van der Waals surface area contributed by atoms with Crippen molar-refractivity contribution >= 4 is 38.6 Å². The first-order valence-electron chi connectivity index (χ1n) is 6.67. The molecule has 0 spiro atoms. The van der Waals surface area contributed by atoms with Crippen molar-refractivity contribution in [3.05, 3.63) is 10.6 Å². The molecule has 2 rings (SSSR count). The molecule has 0 bridgehead atoms. The summed E-state index contributed by atoms with van der Waals surface area (Å²) in [6.07, 6.45) is 0. The lowest BCUT2D eigenvalue weighted by atomic mass is 10.3. The number of carbonyl (C=O) groups excluding carboxylic acids is 1. The molecule has 1 aromatic heterocycles. The minimum Gasteiger partial charge on any atom is -0.477 e. The molecule has 1 amide bonds. The van der Waals surface area contributed by atoms with E-state index in [1.54, 1.807) is 11.8 Å². The number of hydrogen-bond acceptors (Lipinski definition) is 7. The molecular weight excluding hydrogens is 346 g/mol. The molecule has 10 nitrogen and oxygen atoms in total. The lowest BCUT2D eigenvalue weighted by molar-refractivity contribution is -0.117. The van der Waals surface area contributed by atoms with Crippen LogP contribution in [0.25, 0.3) is 0 Å². The lowest BCUT2D eigenvalue weighted by Crippen LogP contribution is -2.52. The fourth-order valence-corrected chi connectivity index (χ4v) is 3.65. The number of carboxylic acids is 1. The van der Waals surface area contributed by atoms with Gasteiger partial charge in [0.25, 0.3) is 10.2 Å². The molecule has 2 heterocycles. The number of aryl methyl sites for hydroxylation is 1. The maximum Gasteiger partial charge on any atom is 0.347 e. The van der Waals surface area contributed by atoms with Gasteiger partial charge in [-0.1, -0.05) is 11.3 Å². The van der Waals surface area contributed by atoms with Gasteiger partial charge in [0.05, 0.1) is 12.2 Å². The van der Waals surface area contributed by atoms with Gasteiger partial charge in [0.2, 0.25) is 5.91 Å². The molecular formula is C11H17N5O5S2. The number of piperazine rings is 1. The highest BCUT2D eigenvalue weighted by atomic mass is 32.2. The van der Waals surface area contributed by atoms with Crippen LogP contribution in [0, 0.1) is 6.92 Å². The van der Waals surface area contributed by atoms with Crippen LogP contribution in [-0.2, 0) is 15.0 Å². The molecule has 0 atom stereocenters. The number of carboxylic acid groups (broad SMARTS) is 1. The van der Waals surface area contributed by atoms with Crippen molar-refractivity contribution < 1.29 is 23.1 Å². The van der Waals surface area contributed by atoms with Crippen LogP contribution >= 0.6 is 11.3 Å². The molecule has 4 N–H and O–H groups in total. The number of carbonyl (C=O) groups is 2. The van der Waals surface area contributed by atoms with Gasteiger partial charge in [0.1, 0.15) is 4.88 Å². The first kappa shape index (κ1) is 17.7. The van der Waals surface area contributed by atoms with Crippen LogP contribution in [0.3, 0.4) is 0 Å². The number of anilines is 1. The van der Waals surface area contributed by atoms with Crippen LogP contribution in [0.1, 0.15) is 15.4 Å². The normalized spacial score (nSPS) is 17.1. The Kier molecular flexibility index (Phi) is 5.31. The fourth-order valence-electron chi connectivity index (χ4n) is 2.15. The molecule has 0 aromatic carbocycles. The van der Waals surface area contributed by atoms with Gasteiger partial charge in [-0.3, -0.25) is 9.69 Å². The molecule has 1 fully saturated rings. The molecule has 1 aromatic rings. The van der Waals surface area contributed by atoms with Gasteiger partial charge in [-0.15, -0.1) is 0 Å². The van der Waals surface area contributed by atoms with Crippen molar-refractivity contribution in [1.29, 1.82) is 0 Å². The molecule has 0 saturated carbocycles. The molecule has 23 heavy (non-hydrogen) atoms. The monoisotopic (exact) mass is 363 g/mol. The van der Waals surface area contributed by atoms with E-state index in [0.717, 1.165) is 15.6 Å². The molecule has 1 saturated heterocycles. The smallest absolute Gasteiger partial charge is 0.347 e. The van der Waals surface area contributed by atoms with Crippen molar-refractivity contribution in [1.82, 2.24) is 14.2 Å². The second kappa shape index (κ2) is 6.88. The zero-order chi connectivity index (χ0) is 17.2. The number of aromatic carboxylic acids is 1. The van der Waals surface area contributed by atoms with Crippen molar-refractivity contribution in [3.8, 4) is 0 Å². The maximum absolute atomic E-state index is 12.0. The van der Waals surface area contributed by atoms with Gasteiger partial charge < -0.3 is 10.4 Å². The van der Waals surface area contributed by atoms with Crippen molar-refractivity contribution in [2.75, 3.05) is 38.0 Å². The van der Waals surface area contributed by atoms with Crippen molar-refractivity contribution in [3.63, 3.8) is 0 Å². The van der Waals surface area contributed by atoms with E-state index in [0.29, 0.717) is 18.8 Å². The van der Waals surface area contributed by atoms with Gasteiger partial charge in [0.15, 0.2) is 5.13 Å². The lowest BCUT2D eigenvalue weighted by Gasteiger charge is -2.32. The van der Waals surface area contributed by atoms with E-state index in [1.807, 2.05) is 0 Å². The van der Waals surface area contributed by atoms with E-state index in [-0.39, 0.29) is 35.6 Å². The van der Waals surface area contributed by atoms with Crippen LogP contribution in [0.4, 0.5) is 5.13 Å². The fraction of sp³-hybridized carbons (Fsp3) is 0.545. The van der Waals surface area contributed by atoms with E-state index in [4.69, 9.17) is 10.2 Å². The predicted molar refractivity (Wildman–Crippen MR) is 83.6 cm³/mol. The summed E-state index contributed by atoms with van der Waals surface area (Å²) >= 11 is 0.897. The minimum atomic E-state index is -3.69. The average Bonchev–Trinajstić information content (AvgIpc) is 2.79. The van der Waals surface area contributed by atoms with E-state index in [1.165, 1.54) is 0 Å². The van der Waals surface area contributed by atoms with Crippen LogP contribution in [-0.4, -0.2) is 72.3 Å². The third-order valence-electron chi connectivity index (χ3n) is 3.30. The number of thiazole rings is 1. The van der Waals surface area contributed by atoms with Crippen LogP contribution in [0.5, 0.6) is 0 Å². The number of rotatable bonds is 5. The standard InChI is InChI=1S/C11H17N5O5S2/c1-7-9(10(18)19)22-11(13-7)14-8(17)6-15-2-4-16(5-3-15)23(12,20)21/h2-6H2,1H3,(H,18,19)(H2,12,20,21)(H,13,14,17). The highest BCUT2D eigenvalue weighted by Crippen LogP contribution is 2.22. The summed E-state index contributed by atoms with van der Waals surface area (Å²) in [5, 5.41) is 16.8. The van der Waals surface area contributed by atoms with Gasteiger partial charge in [-0.05, 0) is 6.92 Å². The molecule has 0 unspecified atom stereocenters. The highest BCUT2D eigenvalue weighted by molar-refractivity contribution is 7.86. The van der Waals surface area contributed by atoms with E-state index in [9.17, 15) is 18.0 Å². The highest BCUT2D eigenvalue weighted by Gasteiger charge is 2.25. The average molecular weight is 363 g/mol. The quantitative estimate of drug-likeness (QED) is 0.602. The molecule has 128 valence electrons. The number of hydrogen-bond donors (Lipinski definition) is 3. The summed E-state index contributed by atoms with van der Waals surface area (Å²) in [5.74, 6) is -1.42. The van der Waals surface area contributed by atoms with E-state index < -0.39 is 16.2 Å². The summed E-state index contributed by atoms with van der Waals surface area (Å²) in [5.41, 5.74) is 0.347. The van der Waals surface area contributed by atoms with Gasteiger partial charge >= 0.3 is 5.97 Å². The second-order valence-corrected chi connectivity index (χ2v) is 7.55. The van der Waals surface area contributed by atoms with Crippen LogP contribution < -0.4 is 10.5 Å². The molecule has 0 aliphatic carbocycles. The predicted octanol–water partition coefficient (Wildman–Crippen LogP) is -1.09. The Bertz CT molecular complexity index is 708. The third-order valence-corrected chi connectivity index (χ3v) is 5.44. The summed E-state index contributed by atoms with van der Waals surface area (Å²) in [4.78, 5) is 28.8. The van der Waals surface area contributed by atoms with Gasteiger partial charge in [0, 0.05) is 26.2 Å². The topological polar surface area (TPSA) is 146 Å². The SMILES string of the molecule is Cc1nc(NC(=O)CN2CCN(S(N)(=O)=O)CC2)sc1C(=O)O. The van der Waals surface area contributed by atoms with Crippen LogP contribution in [0.2, 0.25) is 0 Å². The van der Waals surface area contributed by atoms with E-state index in [2.05, 4.69) is 10.3 Å². The molecule has 0 radical (unpaired) electrons. The summed E-state index contributed by atoms with van der Waals surface area (Å²) in [7, 11) is -3.69. The Balaban J connectivity index is 1.86. The summed E-state index contributed by atoms with van der Waals surface area (Å²) < 4.78 is 23.6. The molecule has 1 aliphatic rings. The van der Waals surface area contributed by atoms with E-state index >= 15 is 0 Å². The molecule has 1 aliphatic heterocycles. The van der Waals surface area contributed by atoms with Crippen LogP contribution in [0.15, 0.2) is 0 Å². The number of nitrogens with zero attached hydrogens (tertiary/aromatic N) is 3. The van der Waals surface area contributed by atoms with Crippen molar-refractivity contribution in [2.45, 2.75) is 6.92 Å². The number of aromatic nitrogens is 1. The summed E-state index contributed by atoms with van der Waals surface area (Å²) in [6, 6.07) is 0. The number of amides is 1. The first-order valence-corrected chi connectivity index (χ1v) is 8.99. The number of nitrogens with two attached hydrogens (primary N) is 1. The largest absolute Gasteiger partial charge is 0.477 e. The first-order chi connectivity index (χ1) is 10.7. The summed E-state index contributed by atoms with van der Waals surface area (Å²) in [6.45, 7) is 2.86. The minimum absolute atomic E-state index is 0.0689. The van der Waals surface area contributed by atoms with Gasteiger partial charge in [-0.2, -0.15) is 12.7 Å². The zero-order valence-electron chi connectivity index (χ0n) is 12.4. The van der Waals surface area contributed by atoms with Gasteiger partial charge in [-0.25, -0.2) is 14.9 Å². The Morgan fingerprint density at radius 1 is 1.35 bits per heavy atom. The zero-order valence-corrected chi connectivity index (χ0v) is 14.0. The second-order valence-electron chi connectivity index (χ2n) is 5.01. The third kappa shape index (κ3) is 4.68. The van der Waals surface area contributed by atoms with Crippen molar-refractivity contribution in [2.24, 2.45) is 5.14 Å².